The van der Waals surface area contributed by atoms with Gasteiger partial charge in [0, 0.05) is 0 Å². The summed E-state index contributed by atoms with van der Waals surface area (Å²) in [4.78, 5) is 28.7. The summed E-state index contributed by atoms with van der Waals surface area (Å²) in [5, 5.41) is 10.0. The smallest absolute Gasteiger partial charge is 0.290 e. The normalized spacial score (nSPS) is 30.9. The zero-order valence-electron chi connectivity index (χ0n) is 17.1. The van der Waals surface area contributed by atoms with Crippen molar-refractivity contribution < 1.29 is 23.8 Å². The van der Waals surface area contributed by atoms with Gasteiger partial charge in [-0.15, -0.1) is 0 Å². The lowest BCUT2D eigenvalue weighted by Gasteiger charge is -2.40. The molecule has 5 rings (SSSR count). The molecule has 0 bridgehead atoms. The van der Waals surface area contributed by atoms with E-state index in [1.807, 2.05) is 6.07 Å². The molecule has 1 saturated carbocycles. The zero-order valence-corrected chi connectivity index (χ0v) is 17.1. The number of amides is 1. The van der Waals surface area contributed by atoms with Crippen LogP contribution in [0.4, 0.5) is 0 Å². The van der Waals surface area contributed by atoms with Gasteiger partial charge in [-0.1, -0.05) is 26.0 Å². The van der Waals surface area contributed by atoms with Gasteiger partial charge in [-0.05, 0) is 54.5 Å². The highest BCUT2D eigenvalue weighted by atomic mass is 16.5. The summed E-state index contributed by atoms with van der Waals surface area (Å²) in [5.74, 6) is 1.23. The third kappa shape index (κ3) is 2.93. The number of hydrogen-bond acceptors (Lipinski definition) is 5. The first-order chi connectivity index (χ1) is 14.4. The van der Waals surface area contributed by atoms with Crippen molar-refractivity contribution in [1.29, 1.82) is 0 Å². The Labute approximate surface area is 175 Å². The summed E-state index contributed by atoms with van der Waals surface area (Å²) in [7, 11) is 0. The molecule has 6 nitrogen and oxygen atoms in total. The lowest BCUT2D eigenvalue weighted by molar-refractivity contribution is -0.137. The molecule has 1 aromatic carbocycles. The van der Waals surface area contributed by atoms with E-state index in [4.69, 9.17) is 9.15 Å². The van der Waals surface area contributed by atoms with Gasteiger partial charge in [0.25, 0.3) is 5.91 Å². The van der Waals surface area contributed by atoms with Crippen molar-refractivity contribution in [1.82, 2.24) is 4.90 Å². The van der Waals surface area contributed by atoms with E-state index < -0.39 is 6.04 Å². The predicted molar refractivity (Wildman–Crippen MR) is 108 cm³/mol. The lowest BCUT2D eigenvalue weighted by atomic mass is 9.70. The highest BCUT2D eigenvalue weighted by Crippen LogP contribution is 2.49. The molecule has 3 aliphatic rings. The third-order valence-corrected chi connectivity index (χ3v) is 6.90. The summed E-state index contributed by atoms with van der Waals surface area (Å²) in [6.45, 7) is 4.57. The maximum absolute atomic E-state index is 13.7. The highest BCUT2D eigenvalue weighted by molar-refractivity contribution is 6.11. The summed E-state index contributed by atoms with van der Waals surface area (Å²) < 4.78 is 11.7. The number of phenolic OH excluding ortho intramolecular Hbond substituents is 1. The Bertz CT molecular complexity index is 1020. The van der Waals surface area contributed by atoms with Gasteiger partial charge < -0.3 is 19.2 Å². The number of Topliss-reactive ketones (excluding diaryl/α,β-unsaturated/α-hetero) is 1. The molecule has 2 aliphatic heterocycles. The number of carbonyl (C=O) groups excluding carboxylic acids is 2. The number of aromatic hydroxyl groups is 1. The summed E-state index contributed by atoms with van der Waals surface area (Å²) >= 11 is 0. The molecular formula is C24H25NO5. The number of ether oxygens (including phenoxy) is 1. The van der Waals surface area contributed by atoms with Crippen LogP contribution in [0.2, 0.25) is 0 Å². The second-order valence-corrected chi connectivity index (χ2v) is 8.81. The fraction of sp³-hybridized carbons (Fsp3) is 0.417. The number of fused-ring (bicyclic) bond motifs is 1. The van der Waals surface area contributed by atoms with Crippen LogP contribution >= 0.6 is 0 Å². The summed E-state index contributed by atoms with van der Waals surface area (Å²) in [6.07, 6.45) is 2.85. The monoisotopic (exact) mass is 407 g/mol. The first-order valence-corrected chi connectivity index (χ1v) is 10.5. The molecule has 6 heteroatoms. The summed E-state index contributed by atoms with van der Waals surface area (Å²) in [6, 6.07) is 9.70. The minimum absolute atomic E-state index is 0.00337. The van der Waals surface area contributed by atoms with Gasteiger partial charge in [0.15, 0.2) is 11.5 Å². The standard InChI is InChI=1S/C24H25NO5/c1-13-9-18-19(10-14(13)2)30-23-20(22(18)27)21(15-5-3-6-16(26)11-15)25(24(23)28)12-17-7-4-8-29-17/h3-8,11,13-14,18-19,21,26H,9-10,12H2,1-2H3. The largest absolute Gasteiger partial charge is 0.508 e. The van der Waals surface area contributed by atoms with Gasteiger partial charge in [0.2, 0.25) is 0 Å². The molecule has 0 spiro atoms. The number of benzene rings is 1. The van der Waals surface area contributed by atoms with Crippen LogP contribution in [0.5, 0.6) is 5.75 Å². The van der Waals surface area contributed by atoms with E-state index in [0.717, 1.165) is 12.8 Å². The van der Waals surface area contributed by atoms with E-state index in [-0.39, 0.29) is 41.8 Å². The van der Waals surface area contributed by atoms with Crippen LogP contribution in [0, 0.1) is 17.8 Å². The molecule has 3 heterocycles. The van der Waals surface area contributed by atoms with Crippen LogP contribution in [0.25, 0.3) is 0 Å². The van der Waals surface area contributed by atoms with Crippen LogP contribution < -0.4 is 0 Å². The van der Waals surface area contributed by atoms with E-state index in [0.29, 0.717) is 28.7 Å². The van der Waals surface area contributed by atoms with Crippen LogP contribution in [0.3, 0.4) is 0 Å². The molecule has 5 unspecified atom stereocenters. The highest BCUT2D eigenvalue weighted by Gasteiger charge is 2.53. The fourth-order valence-electron chi connectivity index (χ4n) is 5.08. The average molecular weight is 407 g/mol. The van der Waals surface area contributed by atoms with Gasteiger partial charge in [0.1, 0.15) is 17.6 Å². The molecular weight excluding hydrogens is 382 g/mol. The third-order valence-electron chi connectivity index (χ3n) is 6.90. The minimum atomic E-state index is -0.604. The van der Waals surface area contributed by atoms with Gasteiger partial charge >= 0.3 is 0 Å². The first kappa shape index (κ1) is 19.0. The van der Waals surface area contributed by atoms with E-state index in [9.17, 15) is 14.7 Å². The van der Waals surface area contributed by atoms with E-state index in [2.05, 4.69) is 13.8 Å². The van der Waals surface area contributed by atoms with E-state index in [1.54, 1.807) is 41.5 Å². The molecule has 2 aromatic rings. The molecule has 0 saturated heterocycles. The molecule has 1 amide bonds. The van der Waals surface area contributed by atoms with Crippen LogP contribution in [0.1, 0.15) is 44.1 Å². The Morgan fingerprint density at radius 1 is 1.10 bits per heavy atom. The van der Waals surface area contributed by atoms with Crippen LogP contribution in [-0.2, 0) is 20.9 Å². The van der Waals surface area contributed by atoms with Crippen LogP contribution in [-0.4, -0.2) is 27.8 Å². The quantitative estimate of drug-likeness (QED) is 0.833. The second-order valence-electron chi connectivity index (χ2n) is 8.81. The van der Waals surface area contributed by atoms with Gasteiger partial charge in [-0.25, -0.2) is 0 Å². The van der Waals surface area contributed by atoms with Crippen molar-refractivity contribution in [2.75, 3.05) is 0 Å². The molecule has 30 heavy (non-hydrogen) atoms. The van der Waals surface area contributed by atoms with Gasteiger partial charge in [-0.2, -0.15) is 0 Å². The average Bonchev–Trinajstić information content (AvgIpc) is 3.32. The topological polar surface area (TPSA) is 80.0 Å². The van der Waals surface area contributed by atoms with Gasteiger partial charge in [0.05, 0.1) is 30.3 Å². The maximum Gasteiger partial charge on any atom is 0.290 e. The molecule has 1 aromatic heterocycles. The summed E-state index contributed by atoms with van der Waals surface area (Å²) in [5.41, 5.74) is 1.10. The van der Waals surface area contributed by atoms with E-state index >= 15 is 0 Å². The molecule has 156 valence electrons. The number of phenols is 1. The van der Waals surface area contributed by atoms with Crippen molar-refractivity contribution in [2.24, 2.45) is 17.8 Å². The lowest BCUT2D eigenvalue weighted by Crippen LogP contribution is -2.43. The maximum atomic E-state index is 13.7. The second kappa shape index (κ2) is 7.04. The van der Waals surface area contributed by atoms with Gasteiger partial charge in [-0.3, -0.25) is 9.59 Å². The van der Waals surface area contributed by atoms with Crippen molar-refractivity contribution in [2.45, 2.75) is 45.4 Å². The molecule has 1 fully saturated rings. The number of carbonyl (C=O) groups is 2. The Kier molecular flexibility index (Phi) is 4.45. The Morgan fingerprint density at radius 2 is 1.90 bits per heavy atom. The molecule has 1 N–H and O–H groups in total. The number of nitrogens with zero attached hydrogens (tertiary/aromatic N) is 1. The molecule has 5 atom stereocenters. The number of ketones is 1. The SMILES string of the molecule is CC1CC2OC3=C(C(=O)C2CC1C)C(c1cccc(O)c1)N(Cc1ccco1)C3=O. The van der Waals surface area contributed by atoms with Crippen molar-refractivity contribution >= 4 is 11.7 Å². The van der Waals surface area contributed by atoms with Crippen molar-refractivity contribution in [3.8, 4) is 5.75 Å². The minimum Gasteiger partial charge on any atom is -0.508 e. The van der Waals surface area contributed by atoms with Crippen molar-refractivity contribution in [3.05, 3.63) is 65.3 Å². The predicted octanol–water partition coefficient (Wildman–Crippen LogP) is 3.97. The Hall–Kier alpha value is -3.02. The zero-order chi connectivity index (χ0) is 21.0. The molecule has 1 aliphatic carbocycles. The Morgan fingerprint density at radius 3 is 2.63 bits per heavy atom. The number of rotatable bonds is 3. The number of hydrogen-bond donors (Lipinski definition) is 1. The molecule has 0 radical (unpaired) electrons. The Balaban J connectivity index is 1.59. The fourth-order valence-corrected chi connectivity index (χ4v) is 5.08. The van der Waals surface area contributed by atoms with Crippen molar-refractivity contribution in [3.63, 3.8) is 0 Å². The first-order valence-electron chi connectivity index (χ1n) is 10.5. The van der Waals surface area contributed by atoms with E-state index in [1.165, 1.54) is 0 Å². The number of furan rings is 1. The van der Waals surface area contributed by atoms with Crippen LogP contribution in [0.15, 0.2) is 58.4 Å².